The number of hydrogen-bond acceptors (Lipinski definition) is 5. The van der Waals surface area contributed by atoms with E-state index in [0.717, 1.165) is 6.07 Å². The Hall–Kier alpha value is -2.04. The monoisotopic (exact) mass is 192 g/mol. The molecule has 14 heavy (non-hydrogen) atoms. The summed E-state index contributed by atoms with van der Waals surface area (Å²) in [7, 11) is 0. The molecule has 0 fully saturated rings. The Bertz CT molecular complexity index is 440. The van der Waals surface area contributed by atoms with E-state index >= 15 is 0 Å². The van der Waals surface area contributed by atoms with Gasteiger partial charge in [0.1, 0.15) is 17.2 Å². The Morgan fingerprint density at radius 2 is 1.93 bits per heavy atom. The van der Waals surface area contributed by atoms with Crippen LogP contribution in [0.25, 0.3) is 0 Å². The summed E-state index contributed by atoms with van der Waals surface area (Å²) in [6.45, 7) is 0. The van der Waals surface area contributed by atoms with Gasteiger partial charge in [-0.05, 0) is 0 Å². The summed E-state index contributed by atoms with van der Waals surface area (Å²) in [6.07, 6.45) is 0.0608. The van der Waals surface area contributed by atoms with Gasteiger partial charge in [0, 0.05) is 12.1 Å². The molecule has 0 aliphatic carbocycles. The largest absolute Gasteiger partial charge is 0.508 e. The molecule has 0 bridgehead atoms. The fourth-order valence-electron chi connectivity index (χ4n) is 1.39. The molecule has 0 spiro atoms. The number of fused-ring (bicyclic) bond motifs is 1. The molecular formula is C9H8N2O3. The van der Waals surface area contributed by atoms with Gasteiger partial charge in [0.2, 0.25) is 0 Å². The minimum absolute atomic E-state index is 0.0608. The Balaban J connectivity index is 2.64. The summed E-state index contributed by atoms with van der Waals surface area (Å²) in [6, 6.07) is 2.42. The predicted octanol–water partition coefficient (Wildman–Crippen LogP) is 1.23. The maximum absolute atomic E-state index is 9.44. The molecule has 1 aromatic carbocycles. The molecule has 0 amide bonds. The Kier molecular flexibility index (Phi) is 1.67. The van der Waals surface area contributed by atoms with E-state index in [0.29, 0.717) is 0 Å². The van der Waals surface area contributed by atoms with Gasteiger partial charge in [-0.25, -0.2) is 0 Å². The molecule has 72 valence electrons. The highest BCUT2D eigenvalue weighted by Crippen LogP contribution is 2.36. The first-order chi connectivity index (χ1) is 6.58. The van der Waals surface area contributed by atoms with Crippen LogP contribution in [0.2, 0.25) is 0 Å². The van der Waals surface area contributed by atoms with Crippen molar-refractivity contribution in [1.29, 1.82) is 10.8 Å². The number of nitrogens with one attached hydrogen (secondary N) is 2. The average molecular weight is 192 g/mol. The van der Waals surface area contributed by atoms with Gasteiger partial charge < -0.3 is 20.4 Å². The second kappa shape index (κ2) is 2.73. The zero-order chi connectivity index (χ0) is 10.3. The second-order valence-corrected chi connectivity index (χ2v) is 3.02. The lowest BCUT2D eigenvalue weighted by atomic mass is 10.0. The predicted molar refractivity (Wildman–Crippen MR) is 49.6 cm³/mol. The Morgan fingerprint density at radius 1 is 1.21 bits per heavy atom. The van der Waals surface area contributed by atoms with Gasteiger partial charge in [-0.2, -0.15) is 0 Å². The van der Waals surface area contributed by atoms with E-state index in [-0.39, 0.29) is 40.8 Å². The number of aromatic hydroxyl groups is 2. The third kappa shape index (κ3) is 1.19. The third-order valence-corrected chi connectivity index (χ3v) is 1.94. The van der Waals surface area contributed by atoms with Crippen molar-refractivity contribution in [2.75, 3.05) is 0 Å². The molecule has 5 nitrogen and oxygen atoms in total. The number of ether oxygens (including phenoxy) is 1. The number of phenolic OH excluding ortho intramolecular Hbond substituents is 2. The second-order valence-electron chi connectivity index (χ2n) is 3.02. The van der Waals surface area contributed by atoms with E-state index in [9.17, 15) is 5.11 Å². The molecule has 0 saturated carbocycles. The van der Waals surface area contributed by atoms with E-state index in [1.807, 2.05) is 0 Å². The van der Waals surface area contributed by atoms with Crippen molar-refractivity contribution < 1.29 is 14.9 Å². The topological polar surface area (TPSA) is 97.4 Å². The smallest absolute Gasteiger partial charge is 0.193 e. The first-order valence-electron chi connectivity index (χ1n) is 3.97. The van der Waals surface area contributed by atoms with Crippen molar-refractivity contribution in [3.63, 3.8) is 0 Å². The van der Waals surface area contributed by atoms with Crippen LogP contribution in [-0.4, -0.2) is 21.8 Å². The van der Waals surface area contributed by atoms with Gasteiger partial charge in [-0.1, -0.05) is 0 Å². The minimum Gasteiger partial charge on any atom is -0.508 e. The van der Waals surface area contributed by atoms with Crippen LogP contribution in [0.5, 0.6) is 17.2 Å². The zero-order valence-electron chi connectivity index (χ0n) is 7.16. The van der Waals surface area contributed by atoms with Crippen LogP contribution in [0, 0.1) is 10.8 Å². The van der Waals surface area contributed by atoms with Crippen LogP contribution in [0.15, 0.2) is 12.1 Å². The number of benzene rings is 1. The normalized spacial score (nSPS) is 14.9. The first kappa shape index (κ1) is 8.55. The molecule has 1 aliphatic rings. The maximum Gasteiger partial charge on any atom is 0.193 e. The Morgan fingerprint density at radius 3 is 2.64 bits per heavy atom. The minimum atomic E-state index is -0.197. The summed E-state index contributed by atoms with van der Waals surface area (Å²) in [5.41, 5.74) is 0.368. The van der Waals surface area contributed by atoms with Crippen LogP contribution in [-0.2, 0) is 0 Å². The SMILES string of the molecule is N=C1CC(=N)c2c(O)cc(O)cc2O1. The highest BCUT2D eigenvalue weighted by atomic mass is 16.5. The van der Waals surface area contributed by atoms with Crippen LogP contribution >= 0.6 is 0 Å². The number of hydrogen-bond donors (Lipinski definition) is 4. The van der Waals surface area contributed by atoms with Gasteiger partial charge in [-0.15, -0.1) is 0 Å². The van der Waals surface area contributed by atoms with Crippen molar-refractivity contribution in [3.05, 3.63) is 17.7 Å². The summed E-state index contributed by atoms with van der Waals surface area (Å²) < 4.78 is 4.99. The van der Waals surface area contributed by atoms with E-state index < -0.39 is 0 Å². The van der Waals surface area contributed by atoms with E-state index in [1.165, 1.54) is 6.07 Å². The van der Waals surface area contributed by atoms with Crippen LogP contribution in [0.1, 0.15) is 12.0 Å². The molecule has 0 saturated heterocycles. The Labute approximate surface area is 79.6 Å². The molecule has 2 rings (SSSR count). The van der Waals surface area contributed by atoms with Gasteiger partial charge >= 0.3 is 0 Å². The summed E-state index contributed by atoms with van der Waals surface area (Å²) in [5.74, 6) is -0.252. The van der Waals surface area contributed by atoms with E-state index in [1.54, 1.807) is 0 Å². The summed E-state index contributed by atoms with van der Waals surface area (Å²) in [5, 5.41) is 33.4. The number of phenols is 2. The summed E-state index contributed by atoms with van der Waals surface area (Å²) >= 11 is 0. The van der Waals surface area contributed by atoms with Crippen molar-refractivity contribution in [3.8, 4) is 17.2 Å². The van der Waals surface area contributed by atoms with Crippen LogP contribution in [0.4, 0.5) is 0 Å². The third-order valence-electron chi connectivity index (χ3n) is 1.94. The summed E-state index contributed by atoms with van der Waals surface area (Å²) in [4.78, 5) is 0. The van der Waals surface area contributed by atoms with E-state index in [2.05, 4.69) is 0 Å². The molecule has 1 aromatic rings. The van der Waals surface area contributed by atoms with Gasteiger partial charge in [0.05, 0.1) is 17.7 Å². The lowest BCUT2D eigenvalue weighted by Gasteiger charge is -2.19. The fraction of sp³-hybridized carbons (Fsp3) is 0.111. The molecule has 4 N–H and O–H groups in total. The molecule has 0 atom stereocenters. The molecule has 1 heterocycles. The standard InChI is InChI=1S/C9H8N2O3/c10-5-3-8(11)14-7-2-4(12)1-6(13)9(5)7/h1-2,10-13H,3H2. The van der Waals surface area contributed by atoms with Crippen LogP contribution in [0.3, 0.4) is 0 Å². The van der Waals surface area contributed by atoms with Crippen molar-refractivity contribution in [2.24, 2.45) is 0 Å². The van der Waals surface area contributed by atoms with Gasteiger partial charge in [0.15, 0.2) is 5.90 Å². The highest BCUT2D eigenvalue weighted by Gasteiger charge is 2.23. The highest BCUT2D eigenvalue weighted by molar-refractivity contribution is 6.14. The van der Waals surface area contributed by atoms with Crippen molar-refractivity contribution in [2.45, 2.75) is 6.42 Å². The van der Waals surface area contributed by atoms with Crippen molar-refractivity contribution in [1.82, 2.24) is 0 Å². The average Bonchev–Trinajstić information content (AvgIpc) is 1.99. The lowest BCUT2D eigenvalue weighted by molar-refractivity contribution is 0.437. The van der Waals surface area contributed by atoms with Gasteiger partial charge in [-0.3, -0.25) is 5.41 Å². The molecule has 5 heteroatoms. The fourth-order valence-corrected chi connectivity index (χ4v) is 1.39. The maximum atomic E-state index is 9.44. The van der Waals surface area contributed by atoms with E-state index in [4.69, 9.17) is 20.7 Å². The molecule has 1 aliphatic heterocycles. The van der Waals surface area contributed by atoms with Crippen LogP contribution < -0.4 is 4.74 Å². The quantitative estimate of drug-likeness (QED) is 0.497. The van der Waals surface area contributed by atoms with Gasteiger partial charge in [0.25, 0.3) is 0 Å². The lowest BCUT2D eigenvalue weighted by Crippen LogP contribution is -2.20. The molecular weight excluding hydrogens is 184 g/mol. The molecule has 0 unspecified atom stereocenters. The molecule has 0 aromatic heterocycles. The zero-order valence-corrected chi connectivity index (χ0v) is 7.16. The first-order valence-corrected chi connectivity index (χ1v) is 3.97. The van der Waals surface area contributed by atoms with Crippen molar-refractivity contribution >= 4 is 11.6 Å². The molecule has 0 radical (unpaired) electrons. The number of rotatable bonds is 0.